The van der Waals surface area contributed by atoms with E-state index in [0.29, 0.717) is 18.7 Å². The minimum atomic E-state index is -0.438. The van der Waals surface area contributed by atoms with Crippen molar-refractivity contribution in [3.05, 3.63) is 71.4 Å². The summed E-state index contributed by atoms with van der Waals surface area (Å²) in [5, 5.41) is 20.7. The number of hydrogen-bond acceptors (Lipinski definition) is 3. The van der Waals surface area contributed by atoms with Gasteiger partial charge in [0.25, 0.3) is 0 Å². The molecule has 0 saturated heterocycles. The third-order valence-corrected chi connectivity index (χ3v) is 5.02. The standard InChI is InChI=1S/C21H21N3O/c22-12-17-6-3-7-21-20(17)9-11-24(21)15-19(25)14-23-10-8-16-4-1-2-5-18(16)13-23/h1-7,9,11,19,25H,8,10,13-15H2/t19-/m1/s1. The number of aliphatic hydroxyl groups is 1. The molecule has 126 valence electrons. The molecule has 2 heterocycles. The first kappa shape index (κ1) is 15.9. The van der Waals surface area contributed by atoms with Gasteiger partial charge in [0.05, 0.1) is 17.7 Å². The maximum absolute atomic E-state index is 10.6. The van der Waals surface area contributed by atoms with Gasteiger partial charge in [0, 0.05) is 43.3 Å². The second-order valence-electron chi connectivity index (χ2n) is 6.73. The van der Waals surface area contributed by atoms with Crippen molar-refractivity contribution in [2.45, 2.75) is 25.6 Å². The van der Waals surface area contributed by atoms with Gasteiger partial charge in [0.15, 0.2) is 0 Å². The van der Waals surface area contributed by atoms with Crippen LogP contribution in [0.15, 0.2) is 54.7 Å². The predicted octanol–water partition coefficient (Wildman–Crippen LogP) is 2.93. The van der Waals surface area contributed by atoms with E-state index in [1.165, 1.54) is 11.1 Å². The molecule has 0 amide bonds. The van der Waals surface area contributed by atoms with Crippen molar-refractivity contribution >= 4 is 10.9 Å². The molecule has 1 aromatic heterocycles. The lowest BCUT2D eigenvalue weighted by Crippen LogP contribution is -2.38. The topological polar surface area (TPSA) is 52.2 Å². The van der Waals surface area contributed by atoms with Crippen molar-refractivity contribution in [3.63, 3.8) is 0 Å². The van der Waals surface area contributed by atoms with E-state index in [1.54, 1.807) is 0 Å². The Labute approximate surface area is 147 Å². The van der Waals surface area contributed by atoms with Gasteiger partial charge in [-0.15, -0.1) is 0 Å². The largest absolute Gasteiger partial charge is 0.390 e. The molecule has 4 nitrogen and oxygen atoms in total. The second kappa shape index (κ2) is 6.72. The van der Waals surface area contributed by atoms with Crippen LogP contribution in [0, 0.1) is 11.3 Å². The smallest absolute Gasteiger partial charge is 0.0998 e. The van der Waals surface area contributed by atoms with Crippen molar-refractivity contribution in [3.8, 4) is 6.07 Å². The van der Waals surface area contributed by atoms with E-state index < -0.39 is 6.10 Å². The summed E-state index contributed by atoms with van der Waals surface area (Å²) >= 11 is 0. The molecule has 0 spiro atoms. The lowest BCUT2D eigenvalue weighted by molar-refractivity contribution is 0.0928. The molecule has 4 heteroatoms. The molecule has 1 aliphatic heterocycles. The summed E-state index contributed by atoms with van der Waals surface area (Å²) < 4.78 is 2.04. The van der Waals surface area contributed by atoms with Crippen LogP contribution in [0.4, 0.5) is 0 Å². The Morgan fingerprint density at radius 1 is 1.04 bits per heavy atom. The van der Waals surface area contributed by atoms with E-state index in [9.17, 15) is 10.4 Å². The minimum Gasteiger partial charge on any atom is -0.390 e. The molecule has 2 aromatic carbocycles. The number of rotatable bonds is 4. The first-order valence-corrected chi connectivity index (χ1v) is 8.70. The molecule has 0 radical (unpaired) electrons. The van der Waals surface area contributed by atoms with E-state index in [2.05, 4.69) is 35.2 Å². The monoisotopic (exact) mass is 331 g/mol. The van der Waals surface area contributed by atoms with E-state index in [4.69, 9.17) is 0 Å². The second-order valence-corrected chi connectivity index (χ2v) is 6.73. The van der Waals surface area contributed by atoms with Crippen molar-refractivity contribution in [1.82, 2.24) is 9.47 Å². The molecule has 3 aromatic rings. The van der Waals surface area contributed by atoms with Crippen LogP contribution in [0.25, 0.3) is 10.9 Å². The summed E-state index contributed by atoms with van der Waals surface area (Å²) in [7, 11) is 0. The SMILES string of the molecule is N#Cc1cccc2c1ccn2C[C@H](O)CN1CCc2ccccc2C1. The summed E-state index contributed by atoms with van der Waals surface area (Å²) in [5.41, 5.74) is 4.47. The molecule has 1 aliphatic rings. The fourth-order valence-electron chi connectivity index (χ4n) is 3.77. The quantitative estimate of drug-likeness (QED) is 0.800. The molecule has 0 fully saturated rings. The summed E-state index contributed by atoms with van der Waals surface area (Å²) in [5.74, 6) is 0. The Balaban J connectivity index is 1.45. The number of nitriles is 1. The fraction of sp³-hybridized carbons (Fsp3) is 0.286. The molecule has 0 aliphatic carbocycles. The molecule has 1 atom stereocenters. The van der Waals surface area contributed by atoms with E-state index in [-0.39, 0.29) is 0 Å². The highest BCUT2D eigenvalue weighted by Gasteiger charge is 2.19. The molecule has 0 saturated carbocycles. The van der Waals surface area contributed by atoms with Crippen LogP contribution in [0.1, 0.15) is 16.7 Å². The van der Waals surface area contributed by atoms with Gasteiger partial charge in [-0.3, -0.25) is 4.90 Å². The van der Waals surface area contributed by atoms with Crippen LogP contribution < -0.4 is 0 Å². The maximum Gasteiger partial charge on any atom is 0.0998 e. The van der Waals surface area contributed by atoms with Crippen LogP contribution in [0.3, 0.4) is 0 Å². The molecule has 0 unspecified atom stereocenters. The Morgan fingerprint density at radius 3 is 2.72 bits per heavy atom. The van der Waals surface area contributed by atoms with Crippen LogP contribution >= 0.6 is 0 Å². The summed E-state index contributed by atoms with van der Waals surface area (Å²) in [6.07, 6.45) is 2.56. The summed E-state index contributed by atoms with van der Waals surface area (Å²) in [6, 6.07) is 18.5. The minimum absolute atomic E-state index is 0.438. The highest BCUT2D eigenvalue weighted by molar-refractivity contribution is 5.85. The molecule has 0 bridgehead atoms. The lowest BCUT2D eigenvalue weighted by atomic mass is 10.00. The number of benzene rings is 2. The molecular weight excluding hydrogens is 310 g/mol. The van der Waals surface area contributed by atoms with Crippen molar-refractivity contribution in [1.29, 1.82) is 5.26 Å². The highest BCUT2D eigenvalue weighted by atomic mass is 16.3. The zero-order valence-electron chi connectivity index (χ0n) is 14.1. The van der Waals surface area contributed by atoms with Crippen LogP contribution in [0.2, 0.25) is 0 Å². The third kappa shape index (κ3) is 3.17. The first-order chi connectivity index (χ1) is 12.2. The number of aliphatic hydroxyl groups excluding tert-OH is 1. The number of aromatic nitrogens is 1. The lowest BCUT2D eigenvalue weighted by Gasteiger charge is -2.30. The van der Waals surface area contributed by atoms with Crippen LogP contribution in [-0.2, 0) is 19.5 Å². The van der Waals surface area contributed by atoms with Gasteiger partial charge >= 0.3 is 0 Å². The summed E-state index contributed by atoms with van der Waals surface area (Å²) in [4.78, 5) is 2.32. The maximum atomic E-state index is 10.6. The van der Waals surface area contributed by atoms with Gasteiger partial charge < -0.3 is 9.67 Å². The molecule has 1 N–H and O–H groups in total. The van der Waals surface area contributed by atoms with Gasteiger partial charge in [-0.1, -0.05) is 30.3 Å². The van der Waals surface area contributed by atoms with Gasteiger partial charge in [0.1, 0.15) is 0 Å². The zero-order valence-corrected chi connectivity index (χ0v) is 14.1. The van der Waals surface area contributed by atoms with Gasteiger partial charge in [0.2, 0.25) is 0 Å². The Kier molecular flexibility index (Phi) is 4.27. The first-order valence-electron chi connectivity index (χ1n) is 8.70. The highest BCUT2D eigenvalue weighted by Crippen LogP contribution is 2.21. The van der Waals surface area contributed by atoms with Crippen molar-refractivity contribution in [2.24, 2.45) is 0 Å². The molecule has 25 heavy (non-hydrogen) atoms. The van der Waals surface area contributed by atoms with E-state index >= 15 is 0 Å². The number of β-amino-alcohol motifs (C(OH)–C–C–N with tert-alkyl or cyclic N) is 1. The van der Waals surface area contributed by atoms with Crippen molar-refractivity contribution in [2.75, 3.05) is 13.1 Å². The number of fused-ring (bicyclic) bond motifs is 2. The fourth-order valence-corrected chi connectivity index (χ4v) is 3.77. The van der Waals surface area contributed by atoms with Gasteiger partial charge in [-0.25, -0.2) is 0 Å². The summed E-state index contributed by atoms with van der Waals surface area (Å²) in [6.45, 7) is 3.08. The number of hydrogen-bond donors (Lipinski definition) is 1. The van der Waals surface area contributed by atoms with E-state index in [0.717, 1.165) is 30.4 Å². The average molecular weight is 331 g/mol. The Bertz CT molecular complexity index is 938. The third-order valence-electron chi connectivity index (χ3n) is 5.02. The predicted molar refractivity (Wildman–Crippen MR) is 98.1 cm³/mol. The number of nitrogens with zero attached hydrogens (tertiary/aromatic N) is 3. The Morgan fingerprint density at radius 2 is 1.88 bits per heavy atom. The van der Waals surface area contributed by atoms with Crippen LogP contribution in [-0.4, -0.2) is 33.8 Å². The van der Waals surface area contributed by atoms with E-state index in [1.807, 2.05) is 35.0 Å². The van der Waals surface area contributed by atoms with Crippen LogP contribution in [0.5, 0.6) is 0 Å². The molecule has 4 rings (SSSR count). The van der Waals surface area contributed by atoms with Crippen molar-refractivity contribution < 1.29 is 5.11 Å². The van der Waals surface area contributed by atoms with Gasteiger partial charge in [-0.2, -0.15) is 5.26 Å². The molecular formula is C21H21N3O. The zero-order chi connectivity index (χ0) is 17.2. The average Bonchev–Trinajstić information content (AvgIpc) is 3.04. The van der Waals surface area contributed by atoms with Gasteiger partial charge in [-0.05, 0) is 35.7 Å². The Hall–Kier alpha value is -2.61. The normalized spacial score (nSPS) is 15.7.